The Bertz CT molecular complexity index is 984. The Kier molecular flexibility index (Phi) is 7.38. The maximum Gasteiger partial charge on any atom is 0.286 e. The van der Waals surface area contributed by atoms with Crippen LogP contribution < -0.4 is 15.2 Å². The van der Waals surface area contributed by atoms with E-state index >= 15 is 0 Å². The van der Waals surface area contributed by atoms with Gasteiger partial charge in [-0.2, -0.15) is 4.99 Å². The van der Waals surface area contributed by atoms with Crippen molar-refractivity contribution in [2.45, 2.75) is 20.0 Å². The summed E-state index contributed by atoms with van der Waals surface area (Å²) in [6.45, 7) is 6.70. The van der Waals surface area contributed by atoms with Crippen LogP contribution in [-0.4, -0.2) is 17.7 Å². The molecule has 1 heterocycles. The van der Waals surface area contributed by atoms with Crippen LogP contribution in [0.4, 0.5) is 0 Å². The number of amides is 1. The number of halogens is 1. The first-order valence-corrected chi connectivity index (χ1v) is 11.0. The number of benzene rings is 2. The van der Waals surface area contributed by atoms with Gasteiger partial charge in [-0.15, -0.1) is 6.58 Å². The van der Waals surface area contributed by atoms with Crippen molar-refractivity contribution in [3.63, 3.8) is 0 Å². The highest BCUT2D eigenvalue weighted by Gasteiger charge is 2.20. The third-order valence-corrected chi connectivity index (χ3v) is 5.58. The predicted molar refractivity (Wildman–Crippen MR) is 127 cm³/mol. The van der Waals surface area contributed by atoms with Crippen molar-refractivity contribution in [2.75, 3.05) is 6.61 Å². The molecule has 0 atom stereocenters. The summed E-state index contributed by atoms with van der Waals surface area (Å²) in [6, 6.07) is 12.0. The van der Waals surface area contributed by atoms with Crippen molar-refractivity contribution in [2.24, 2.45) is 10.7 Å². The second-order valence-electron chi connectivity index (χ2n) is 6.21. The van der Waals surface area contributed by atoms with Gasteiger partial charge in [0.2, 0.25) is 0 Å². The lowest BCUT2D eigenvalue weighted by atomic mass is 10.0. The van der Waals surface area contributed by atoms with E-state index in [1.54, 1.807) is 6.08 Å². The molecule has 1 aliphatic rings. The molecular formula is C22H21IN2O3S. The summed E-state index contributed by atoms with van der Waals surface area (Å²) >= 11 is 3.44. The molecule has 0 unspecified atom stereocenters. The average molecular weight is 520 g/mol. The number of thioether (sulfide) groups is 1. The molecule has 0 bridgehead atoms. The standard InChI is InChI=1S/C22H21IN2O3S/c1-3-5-16-10-15(12-19-21(26)25-22(24)29-19)11-18(27-4-2)20(16)28-13-14-6-8-17(23)9-7-14/h3,6-12H,1,4-5,13H2,2H3,(H2,24,25,26). The first-order valence-electron chi connectivity index (χ1n) is 9.06. The van der Waals surface area contributed by atoms with Crippen molar-refractivity contribution >= 4 is 51.5 Å². The van der Waals surface area contributed by atoms with Crippen molar-refractivity contribution in [1.29, 1.82) is 0 Å². The van der Waals surface area contributed by atoms with Crippen molar-refractivity contribution in [3.8, 4) is 11.5 Å². The molecule has 150 valence electrons. The molecule has 0 saturated heterocycles. The quantitative estimate of drug-likeness (QED) is 0.304. The largest absolute Gasteiger partial charge is 0.490 e. The van der Waals surface area contributed by atoms with Gasteiger partial charge in [0.25, 0.3) is 5.91 Å². The third kappa shape index (κ3) is 5.63. The van der Waals surface area contributed by atoms with E-state index in [1.165, 1.54) is 15.3 Å². The molecule has 2 aromatic carbocycles. The molecule has 5 nitrogen and oxygen atoms in total. The summed E-state index contributed by atoms with van der Waals surface area (Å²) in [7, 11) is 0. The average Bonchev–Trinajstić information content (AvgIpc) is 3.00. The second-order valence-corrected chi connectivity index (χ2v) is 8.52. The number of hydrogen-bond donors (Lipinski definition) is 1. The number of carbonyl (C=O) groups excluding carboxylic acids is 1. The van der Waals surface area contributed by atoms with Crippen LogP contribution in [0.3, 0.4) is 0 Å². The van der Waals surface area contributed by atoms with Crippen LogP contribution in [0.15, 0.2) is 59.0 Å². The zero-order valence-corrected chi connectivity index (χ0v) is 19.0. The Labute approximate surface area is 188 Å². The molecular weight excluding hydrogens is 499 g/mol. The van der Waals surface area contributed by atoms with Gasteiger partial charge in [0, 0.05) is 9.13 Å². The van der Waals surface area contributed by atoms with Crippen molar-refractivity contribution in [3.05, 3.63) is 74.2 Å². The van der Waals surface area contributed by atoms with Crippen LogP contribution in [0.5, 0.6) is 11.5 Å². The van der Waals surface area contributed by atoms with E-state index in [0.717, 1.165) is 16.7 Å². The van der Waals surface area contributed by atoms with Gasteiger partial charge in [0.05, 0.1) is 11.5 Å². The summed E-state index contributed by atoms with van der Waals surface area (Å²) in [5, 5.41) is 0.259. The highest BCUT2D eigenvalue weighted by molar-refractivity contribution is 14.1. The van der Waals surface area contributed by atoms with Crippen LogP contribution in [0.25, 0.3) is 6.08 Å². The van der Waals surface area contributed by atoms with E-state index in [4.69, 9.17) is 15.2 Å². The number of ether oxygens (including phenoxy) is 2. The summed E-state index contributed by atoms with van der Waals surface area (Å²) in [4.78, 5) is 16.2. The number of nitrogens with two attached hydrogens (primary N) is 1. The molecule has 0 radical (unpaired) electrons. The van der Waals surface area contributed by atoms with Gasteiger partial charge in [-0.1, -0.05) is 18.2 Å². The molecule has 0 aliphatic carbocycles. The van der Waals surface area contributed by atoms with E-state index in [9.17, 15) is 4.79 Å². The maximum absolute atomic E-state index is 11.9. The van der Waals surface area contributed by atoms with Gasteiger partial charge in [-0.05, 0) is 89.2 Å². The number of amidine groups is 1. The number of aliphatic imine (C=N–C) groups is 1. The lowest BCUT2D eigenvalue weighted by Crippen LogP contribution is -2.03. The maximum atomic E-state index is 11.9. The minimum atomic E-state index is -0.324. The van der Waals surface area contributed by atoms with Gasteiger partial charge in [0.1, 0.15) is 6.61 Å². The smallest absolute Gasteiger partial charge is 0.286 e. The molecule has 2 N–H and O–H groups in total. The van der Waals surface area contributed by atoms with Gasteiger partial charge >= 0.3 is 0 Å². The second kappa shape index (κ2) is 9.98. The molecule has 1 aliphatic heterocycles. The normalized spacial score (nSPS) is 14.8. The van der Waals surface area contributed by atoms with Crippen LogP contribution in [-0.2, 0) is 17.8 Å². The number of hydrogen-bond acceptors (Lipinski definition) is 5. The molecule has 2 aromatic rings. The zero-order valence-electron chi connectivity index (χ0n) is 16.0. The van der Waals surface area contributed by atoms with Gasteiger partial charge < -0.3 is 15.2 Å². The number of rotatable bonds is 8. The fourth-order valence-corrected chi connectivity index (χ4v) is 3.86. The first-order chi connectivity index (χ1) is 14.0. The Hall–Kier alpha value is -2.26. The summed E-state index contributed by atoms with van der Waals surface area (Å²) in [6.07, 6.45) is 4.20. The summed E-state index contributed by atoms with van der Waals surface area (Å²) in [5.41, 5.74) is 8.48. The molecule has 1 amide bonds. The molecule has 0 fully saturated rings. The van der Waals surface area contributed by atoms with Gasteiger partial charge in [0.15, 0.2) is 16.7 Å². The molecule has 0 saturated carbocycles. The van der Waals surface area contributed by atoms with E-state index in [1.807, 2.05) is 49.4 Å². The lowest BCUT2D eigenvalue weighted by Gasteiger charge is -2.17. The number of nitrogens with zero attached hydrogens (tertiary/aromatic N) is 1. The van der Waals surface area contributed by atoms with Gasteiger partial charge in [-0.3, -0.25) is 4.79 Å². The highest BCUT2D eigenvalue weighted by atomic mass is 127. The van der Waals surface area contributed by atoms with Crippen LogP contribution >= 0.6 is 34.4 Å². The fourth-order valence-electron chi connectivity index (χ4n) is 2.81. The van der Waals surface area contributed by atoms with Crippen LogP contribution in [0.1, 0.15) is 23.6 Å². The third-order valence-electron chi connectivity index (χ3n) is 4.05. The Balaban J connectivity index is 1.93. The van der Waals surface area contributed by atoms with E-state index < -0.39 is 0 Å². The minimum absolute atomic E-state index is 0.259. The molecule has 0 spiro atoms. The SMILES string of the molecule is C=CCc1cc(C=C2SC(N)=NC2=O)cc(OCC)c1OCc1ccc(I)cc1. The van der Waals surface area contributed by atoms with Crippen LogP contribution in [0.2, 0.25) is 0 Å². The van der Waals surface area contributed by atoms with Crippen LogP contribution in [0, 0.1) is 3.57 Å². The predicted octanol–water partition coefficient (Wildman–Crippen LogP) is 4.93. The van der Waals surface area contributed by atoms with Crippen molar-refractivity contribution in [1.82, 2.24) is 0 Å². The fraction of sp³-hybridized carbons (Fsp3) is 0.182. The van der Waals surface area contributed by atoms with E-state index in [2.05, 4.69) is 34.2 Å². The molecule has 0 aromatic heterocycles. The van der Waals surface area contributed by atoms with Crippen molar-refractivity contribution < 1.29 is 14.3 Å². The Morgan fingerprint density at radius 2 is 2.00 bits per heavy atom. The highest BCUT2D eigenvalue weighted by Crippen LogP contribution is 2.36. The van der Waals surface area contributed by atoms with E-state index in [-0.39, 0.29) is 11.1 Å². The zero-order chi connectivity index (χ0) is 20.8. The monoisotopic (exact) mass is 520 g/mol. The summed E-state index contributed by atoms with van der Waals surface area (Å²) in [5.74, 6) is 0.997. The van der Waals surface area contributed by atoms with E-state index in [0.29, 0.717) is 36.0 Å². The summed E-state index contributed by atoms with van der Waals surface area (Å²) < 4.78 is 13.2. The molecule has 3 rings (SSSR count). The lowest BCUT2D eigenvalue weighted by molar-refractivity contribution is -0.113. The molecule has 29 heavy (non-hydrogen) atoms. The number of carbonyl (C=O) groups is 1. The van der Waals surface area contributed by atoms with Gasteiger partial charge in [-0.25, -0.2) is 0 Å². The Morgan fingerprint density at radius 3 is 2.62 bits per heavy atom. The molecule has 7 heteroatoms. The number of allylic oxidation sites excluding steroid dienone is 1. The minimum Gasteiger partial charge on any atom is -0.490 e. The Morgan fingerprint density at radius 1 is 1.24 bits per heavy atom. The topological polar surface area (TPSA) is 73.9 Å². The first kappa shape index (κ1) is 21.4.